The fourth-order valence-corrected chi connectivity index (χ4v) is 3.45. The quantitative estimate of drug-likeness (QED) is 0.820. The van der Waals surface area contributed by atoms with Crippen LogP contribution in [0.25, 0.3) is 6.08 Å². The number of methoxy groups -OCH3 is 1. The lowest BCUT2D eigenvalue weighted by atomic mass is 9.94. The second-order valence-corrected chi connectivity index (χ2v) is 6.52. The van der Waals surface area contributed by atoms with Crippen LogP contribution in [0.5, 0.6) is 11.5 Å². The number of hydrogen-bond acceptors (Lipinski definition) is 4. The number of benzene rings is 1. The Bertz CT molecular complexity index is 697. The van der Waals surface area contributed by atoms with Crippen molar-refractivity contribution in [3.8, 4) is 11.5 Å². The summed E-state index contributed by atoms with van der Waals surface area (Å²) in [6, 6.07) is 5.10. The van der Waals surface area contributed by atoms with Gasteiger partial charge in [0, 0.05) is 11.6 Å². The highest BCUT2D eigenvalue weighted by Crippen LogP contribution is 2.30. The highest BCUT2D eigenvalue weighted by atomic mass is 16.5. The van der Waals surface area contributed by atoms with Gasteiger partial charge in [-0.2, -0.15) is 0 Å². The fraction of sp³-hybridized carbons (Fsp3) is 0.474. The molecule has 1 saturated carbocycles. The zero-order chi connectivity index (χ0) is 17.8. The summed E-state index contributed by atoms with van der Waals surface area (Å²) in [5.74, 6) is -0.225. The van der Waals surface area contributed by atoms with Gasteiger partial charge >= 0.3 is 5.97 Å². The molecule has 1 heterocycles. The zero-order valence-corrected chi connectivity index (χ0v) is 14.3. The number of carboxylic acids is 1. The lowest BCUT2D eigenvalue weighted by Crippen LogP contribution is -2.44. The van der Waals surface area contributed by atoms with Gasteiger partial charge in [0.2, 0.25) is 0 Å². The molecule has 134 valence electrons. The third kappa shape index (κ3) is 3.95. The number of amides is 1. The number of carbonyl (C=O) groups is 2. The molecular weight excluding hydrogens is 322 g/mol. The van der Waals surface area contributed by atoms with Crippen molar-refractivity contribution in [2.24, 2.45) is 5.92 Å². The van der Waals surface area contributed by atoms with Crippen molar-refractivity contribution in [1.29, 1.82) is 0 Å². The Labute approximate surface area is 146 Å². The van der Waals surface area contributed by atoms with Gasteiger partial charge in [-0.25, -0.2) is 0 Å². The Morgan fingerprint density at radius 1 is 1.24 bits per heavy atom. The number of ether oxygens (including phenoxy) is 2. The van der Waals surface area contributed by atoms with E-state index in [9.17, 15) is 14.7 Å². The van der Waals surface area contributed by atoms with Crippen LogP contribution in [0.2, 0.25) is 0 Å². The average molecular weight is 345 g/mol. The Kier molecular flexibility index (Phi) is 5.26. The first-order valence-electron chi connectivity index (χ1n) is 8.63. The summed E-state index contributed by atoms with van der Waals surface area (Å²) in [4.78, 5) is 24.1. The number of fused-ring (bicyclic) bond motifs is 1. The van der Waals surface area contributed by atoms with Gasteiger partial charge in [-0.05, 0) is 37.1 Å². The molecule has 0 aromatic heterocycles. The second-order valence-electron chi connectivity index (χ2n) is 6.52. The standard InChI is InChI=1S/C19H23NO5/c1-24-14-7-8-17-12(10-14)9-13(11-25-17)18(21)20-16-6-4-2-3-5-15(16)19(22)23/h7-10,15-16H,2-6,11H2,1H3,(H,20,21)(H,22,23)/t15-,16+/m1/s1. The molecule has 6 heteroatoms. The van der Waals surface area contributed by atoms with Gasteiger partial charge in [-0.3, -0.25) is 9.59 Å². The highest BCUT2D eigenvalue weighted by molar-refractivity contribution is 5.99. The fourth-order valence-electron chi connectivity index (χ4n) is 3.45. The topological polar surface area (TPSA) is 84.9 Å². The number of hydrogen-bond donors (Lipinski definition) is 2. The van der Waals surface area contributed by atoms with Crippen LogP contribution < -0.4 is 14.8 Å². The molecule has 3 rings (SSSR count). The van der Waals surface area contributed by atoms with E-state index < -0.39 is 11.9 Å². The summed E-state index contributed by atoms with van der Waals surface area (Å²) < 4.78 is 10.8. The normalized spacial score (nSPS) is 22.7. The van der Waals surface area contributed by atoms with Crippen LogP contribution >= 0.6 is 0 Å². The van der Waals surface area contributed by atoms with Crippen LogP contribution in [-0.2, 0) is 9.59 Å². The van der Waals surface area contributed by atoms with Crippen LogP contribution in [0.4, 0.5) is 0 Å². The van der Waals surface area contributed by atoms with Crippen LogP contribution in [-0.4, -0.2) is 36.7 Å². The maximum absolute atomic E-state index is 12.6. The maximum atomic E-state index is 12.6. The molecule has 1 amide bonds. The van der Waals surface area contributed by atoms with Crippen molar-refractivity contribution in [3.05, 3.63) is 29.3 Å². The van der Waals surface area contributed by atoms with Gasteiger partial charge in [0.25, 0.3) is 5.91 Å². The Morgan fingerprint density at radius 3 is 2.80 bits per heavy atom. The van der Waals surface area contributed by atoms with Crippen LogP contribution in [0, 0.1) is 5.92 Å². The van der Waals surface area contributed by atoms with Gasteiger partial charge in [0.1, 0.15) is 18.1 Å². The van der Waals surface area contributed by atoms with Gasteiger partial charge in [0.15, 0.2) is 0 Å². The van der Waals surface area contributed by atoms with Crippen LogP contribution in [0.15, 0.2) is 23.8 Å². The largest absolute Gasteiger partial charge is 0.497 e. The molecule has 1 aliphatic carbocycles. The number of carbonyl (C=O) groups excluding carboxylic acids is 1. The Hall–Kier alpha value is -2.50. The van der Waals surface area contributed by atoms with E-state index in [0.29, 0.717) is 29.9 Å². The van der Waals surface area contributed by atoms with Gasteiger partial charge in [0.05, 0.1) is 18.6 Å². The monoisotopic (exact) mass is 345 g/mol. The van der Waals surface area contributed by atoms with E-state index >= 15 is 0 Å². The lowest BCUT2D eigenvalue weighted by molar-refractivity contribution is -0.143. The van der Waals surface area contributed by atoms with E-state index in [1.54, 1.807) is 19.3 Å². The Morgan fingerprint density at radius 2 is 2.04 bits per heavy atom. The van der Waals surface area contributed by atoms with Crippen molar-refractivity contribution >= 4 is 18.0 Å². The van der Waals surface area contributed by atoms with E-state index in [2.05, 4.69) is 5.32 Å². The molecule has 0 spiro atoms. The zero-order valence-electron chi connectivity index (χ0n) is 14.3. The van der Waals surface area contributed by atoms with Crippen molar-refractivity contribution in [2.75, 3.05) is 13.7 Å². The molecule has 1 aromatic carbocycles. The molecule has 1 fully saturated rings. The van der Waals surface area contributed by atoms with Crippen molar-refractivity contribution in [2.45, 2.75) is 38.1 Å². The molecule has 0 bridgehead atoms. The molecular formula is C19H23NO5. The summed E-state index contributed by atoms with van der Waals surface area (Å²) in [6.07, 6.45) is 5.92. The van der Waals surface area contributed by atoms with Crippen molar-refractivity contribution in [1.82, 2.24) is 5.32 Å². The molecule has 0 unspecified atom stereocenters. The number of rotatable bonds is 4. The minimum absolute atomic E-state index is 0.176. The van der Waals surface area contributed by atoms with Crippen molar-refractivity contribution < 1.29 is 24.2 Å². The number of aliphatic carboxylic acids is 1. The third-order valence-electron chi connectivity index (χ3n) is 4.87. The maximum Gasteiger partial charge on any atom is 0.308 e. The van der Waals surface area contributed by atoms with Crippen LogP contribution in [0.3, 0.4) is 0 Å². The summed E-state index contributed by atoms with van der Waals surface area (Å²) in [7, 11) is 1.58. The lowest BCUT2D eigenvalue weighted by Gasteiger charge is -2.25. The van der Waals surface area contributed by atoms with Gasteiger partial charge in [-0.1, -0.05) is 19.3 Å². The first-order chi connectivity index (χ1) is 12.1. The molecule has 6 nitrogen and oxygen atoms in total. The van der Waals surface area contributed by atoms with E-state index in [4.69, 9.17) is 9.47 Å². The minimum Gasteiger partial charge on any atom is -0.497 e. The predicted octanol–water partition coefficient (Wildman–Crippen LogP) is 2.62. The number of nitrogens with one attached hydrogen (secondary N) is 1. The van der Waals surface area contributed by atoms with Crippen molar-refractivity contribution in [3.63, 3.8) is 0 Å². The Balaban J connectivity index is 1.76. The molecule has 2 atom stereocenters. The molecule has 2 aliphatic rings. The SMILES string of the molecule is COc1ccc2c(c1)C=C(C(=O)N[C@H]1CCCCC[C@H]1C(=O)O)CO2. The molecule has 1 aromatic rings. The van der Waals surface area contributed by atoms with Crippen LogP contribution in [0.1, 0.15) is 37.7 Å². The summed E-state index contributed by atoms with van der Waals surface area (Å²) >= 11 is 0. The summed E-state index contributed by atoms with van der Waals surface area (Å²) in [5, 5.41) is 12.4. The van der Waals surface area contributed by atoms with E-state index in [0.717, 1.165) is 24.8 Å². The smallest absolute Gasteiger partial charge is 0.308 e. The average Bonchev–Trinajstić information content (AvgIpc) is 2.86. The first kappa shape index (κ1) is 17.3. The molecule has 0 radical (unpaired) electrons. The number of carboxylic acid groups (broad SMARTS) is 1. The summed E-state index contributed by atoms with van der Waals surface area (Å²) in [6.45, 7) is 0.176. The molecule has 2 N–H and O–H groups in total. The van der Waals surface area contributed by atoms with E-state index in [1.807, 2.05) is 12.1 Å². The second kappa shape index (κ2) is 7.59. The third-order valence-corrected chi connectivity index (χ3v) is 4.87. The molecule has 25 heavy (non-hydrogen) atoms. The van der Waals surface area contributed by atoms with E-state index in [-0.39, 0.29) is 18.6 Å². The van der Waals surface area contributed by atoms with Gasteiger partial charge < -0.3 is 19.9 Å². The minimum atomic E-state index is -0.837. The predicted molar refractivity (Wildman–Crippen MR) is 92.6 cm³/mol. The van der Waals surface area contributed by atoms with Gasteiger partial charge in [-0.15, -0.1) is 0 Å². The molecule has 0 saturated heterocycles. The van der Waals surface area contributed by atoms with E-state index in [1.165, 1.54) is 0 Å². The molecule has 1 aliphatic heterocycles. The first-order valence-corrected chi connectivity index (χ1v) is 8.63. The highest BCUT2D eigenvalue weighted by Gasteiger charge is 2.31. The summed E-state index contributed by atoms with van der Waals surface area (Å²) in [5.41, 5.74) is 1.28.